The van der Waals surface area contributed by atoms with Crippen molar-refractivity contribution in [1.29, 1.82) is 0 Å². The maximum atomic E-state index is 12.1. The van der Waals surface area contributed by atoms with Crippen molar-refractivity contribution in [1.82, 2.24) is 9.78 Å². The summed E-state index contributed by atoms with van der Waals surface area (Å²) >= 11 is 5.99. The van der Waals surface area contributed by atoms with Gasteiger partial charge in [0.25, 0.3) is 0 Å². The fourth-order valence-electron chi connectivity index (χ4n) is 2.15. The Kier molecular flexibility index (Phi) is 4.18. The molecule has 1 atom stereocenters. The van der Waals surface area contributed by atoms with Crippen LogP contribution in [0.25, 0.3) is 0 Å². The first-order chi connectivity index (χ1) is 8.22. The number of Topliss-reactive ketones (excluding diaryl/α,β-unsaturated/α-hetero) is 1. The molecule has 4 nitrogen and oxygen atoms in total. The number of ketones is 1. The molecule has 1 saturated heterocycles. The maximum absolute atomic E-state index is 12.1. The van der Waals surface area contributed by atoms with Gasteiger partial charge in [-0.3, -0.25) is 9.48 Å². The maximum Gasteiger partial charge on any atom is 0.184 e. The third-order valence-corrected chi connectivity index (χ3v) is 3.32. The molecule has 1 aliphatic rings. The molecular weight excluding hydrogens is 240 g/mol. The van der Waals surface area contributed by atoms with Crippen LogP contribution in [-0.4, -0.2) is 28.3 Å². The first kappa shape index (κ1) is 12.6. The number of ether oxygens (including phenoxy) is 1. The molecule has 1 aromatic rings. The van der Waals surface area contributed by atoms with Crippen molar-refractivity contribution in [2.24, 2.45) is 0 Å². The van der Waals surface area contributed by atoms with Gasteiger partial charge in [0.1, 0.15) is 5.69 Å². The third kappa shape index (κ3) is 2.87. The summed E-state index contributed by atoms with van der Waals surface area (Å²) in [5, 5.41) is 4.51. The van der Waals surface area contributed by atoms with Crippen LogP contribution >= 0.6 is 11.6 Å². The standard InChI is InChI=1S/C12H17ClN2O2/c1-2-15-12(10(13)8-14-15)11(16)7-9-5-3-4-6-17-9/h8-9H,2-7H2,1H3. The Morgan fingerprint density at radius 1 is 1.65 bits per heavy atom. The minimum atomic E-state index is 0.0289. The second-order valence-corrected chi connectivity index (χ2v) is 4.68. The summed E-state index contributed by atoms with van der Waals surface area (Å²) < 4.78 is 7.21. The SMILES string of the molecule is CCn1ncc(Cl)c1C(=O)CC1CCCCO1. The van der Waals surface area contributed by atoms with E-state index in [1.807, 2.05) is 6.92 Å². The fraction of sp³-hybridized carbons (Fsp3) is 0.667. The number of hydrogen-bond donors (Lipinski definition) is 0. The second-order valence-electron chi connectivity index (χ2n) is 4.27. The first-order valence-corrected chi connectivity index (χ1v) is 6.46. The molecular formula is C12H17ClN2O2. The van der Waals surface area contributed by atoms with E-state index < -0.39 is 0 Å². The van der Waals surface area contributed by atoms with Crippen molar-refractivity contribution >= 4 is 17.4 Å². The van der Waals surface area contributed by atoms with Crippen molar-refractivity contribution in [3.8, 4) is 0 Å². The van der Waals surface area contributed by atoms with Gasteiger partial charge in [-0.1, -0.05) is 11.6 Å². The molecule has 2 heterocycles. The molecule has 5 heteroatoms. The van der Waals surface area contributed by atoms with Crippen LogP contribution in [0.2, 0.25) is 5.02 Å². The van der Waals surface area contributed by atoms with Crippen LogP contribution in [0.1, 0.15) is 43.1 Å². The lowest BCUT2D eigenvalue weighted by Gasteiger charge is -2.21. The number of halogens is 1. The number of rotatable bonds is 4. The van der Waals surface area contributed by atoms with Crippen molar-refractivity contribution in [2.45, 2.75) is 45.3 Å². The quantitative estimate of drug-likeness (QED) is 0.778. The van der Waals surface area contributed by atoms with Crippen LogP contribution in [0.5, 0.6) is 0 Å². The van der Waals surface area contributed by atoms with Crippen molar-refractivity contribution < 1.29 is 9.53 Å². The highest BCUT2D eigenvalue weighted by molar-refractivity contribution is 6.33. The molecule has 2 rings (SSSR count). The lowest BCUT2D eigenvalue weighted by atomic mass is 10.0. The smallest absolute Gasteiger partial charge is 0.184 e. The Morgan fingerprint density at radius 2 is 2.47 bits per heavy atom. The zero-order valence-electron chi connectivity index (χ0n) is 9.99. The zero-order valence-corrected chi connectivity index (χ0v) is 10.7. The molecule has 0 amide bonds. The van der Waals surface area contributed by atoms with Crippen LogP contribution in [0.3, 0.4) is 0 Å². The average molecular weight is 257 g/mol. The number of carbonyl (C=O) groups excluding carboxylic acids is 1. The molecule has 0 bridgehead atoms. The van der Waals surface area contributed by atoms with Gasteiger partial charge >= 0.3 is 0 Å². The first-order valence-electron chi connectivity index (χ1n) is 6.08. The number of nitrogens with zero attached hydrogens (tertiary/aromatic N) is 2. The Labute approximate surface area is 106 Å². The molecule has 0 radical (unpaired) electrons. The second kappa shape index (κ2) is 5.65. The van der Waals surface area contributed by atoms with Gasteiger partial charge in [0.15, 0.2) is 5.78 Å². The third-order valence-electron chi connectivity index (χ3n) is 3.05. The molecule has 0 spiro atoms. The van der Waals surface area contributed by atoms with Gasteiger partial charge in [0, 0.05) is 19.6 Å². The summed E-state index contributed by atoms with van der Waals surface area (Å²) in [4.78, 5) is 12.1. The minimum absolute atomic E-state index is 0.0289. The Bertz CT molecular complexity index is 397. The average Bonchev–Trinajstić information content (AvgIpc) is 2.71. The van der Waals surface area contributed by atoms with Crippen LogP contribution < -0.4 is 0 Å². The molecule has 1 fully saturated rings. The lowest BCUT2D eigenvalue weighted by Crippen LogP contribution is -2.23. The number of hydrogen-bond acceptors (Lipinski definition) is 3. The van der Waals surface area contributed by atoms with Gasteiger partial charge in [0.05, 0.1) is 17.3 Å². The lowest BCUT2D eigenvalue weighted by molar-refractivity contribution is 0.0127. The number of carbonyl (C=O) groups is 1. The molecule has 1 unspecified atom stereocenters. The molecule has 0 aromatic carbocycles. The number of aryl methyl sites for hydroxylation is 1. The van der Waals surface area contributed by atoms with Crippen LogP contribution in [0.4, 0.5) is 0 Å². The van der Waals surface area contributed by atoms with E-state index in [1.165, 1.54) is 6.20 Å². The van der Waals surface area contributed by atoms with Crippen LogP contribution in [-0.2, 0) is 11.3 Å². The van der Waals surface area contributed by atoms with E-state index in [0.717, 1.165) is 25.9 Å². The van der Waals surface area contributed by atoms with Crippen molar-refractivity contribution in [3.05, 3.63) is 16.9 Å². The summed E-state index contributed by atoms with van der Waals surface area (Å²) in [6, 6.07) is 0. The molecule has 1 aromatic heterocycles. The molecule has 0 saturated carbocycles. The van der Waals surface area contributed by atoms with Gasteiger partial charge in [-0.15, -0.1) is 0 Å². The Hall–Kier alpha value is -0.870. The summed E-state index contributed by atoms with van der Waals surface area (Å²) in [5.41, 5.74) is 0.517. The van der Waals surface area contributed by atoms with E-state index in [0.29, 0.717) is 23.7 Å². The highest BCUT2D eigenvalue weighted by Gasteiger charge is 2.22. The molecule has 0 N–H and O–H groups in total. The normalized spacial score (nSPS) is 20.5. The summed E-state index contributed by atoms with van der Waals surface area (Å²) in [6.45, 7) is 3.36. The Balaban J connectivity index is 2.05. The van der Waals surface area contributed by atoms with Gasteiger partial charge < -0.3 is 4.74 Å². The van der Waals surface area contributed by atoms with E-state index in [9.17, 15) is 4.79 Å². The fourth-order valence-corrected chi connectivity index (χ4v) is 2.40. The summed E-state index contributed by atoms with van der Waals surface area (Å²) in [5.74, 6) is 0.0289. The predicted octanol–water partition coefficient (Wildman–Crippen LogP) is 2.70. The highest BCUT2D eigenvalue weighted by atomic mass is 35.5. The van der Waals surface area contributed by atoms with Crippen LogP contribution in [0.15, 0.2) is 6.20 Å². The summed E-state index contributed by atoms with van der Waals surface area (Å²) in [6.07, 6.45) is 5.18. The highest BCUT2D eigenvalue weighted by Crippen LogP contribution is 2.21. The van der Waals surface area contributed by atoms with E-state index >= 15 is 0 Å². The molecule has 17 heavy (non-hydrogen) atoms. The largest absolute Gasteiger partial charge is 0.378 e. The number of aromatic nitrogens is 2. The van der Waals surface area contributed by atoms with E-state index in [1.54, 1.807) is 4.68 Å². The van der Waals surface area contributed by atoms with Crippen LogP contribution in [0, 0.1) is 0 Å². The minimum Gasteiger partial charge on any atom is -0.378 e. The van der Waals surface area contributed by atoms with E-state index in [4.69, 9.17) is 16.3 Å². The Morgan fingerprint density at radius 3 is 3.12 bits per heavy atom. The van der Waals surface area contributed by atoms with E-state index in [2.05, 4.69) is 5.10 Å². The van der Waals surface area contributed by atoms with E-state index in [-0.39, 0.29) is 11.9 Å². The van der Waals surface area contributed by atoms with Gasteiger partial charge in [-0.25, -0.2) is 0 Å². The zero-order chi connectivity index (χ0) is 12.3. The van der Waals surface area contributed by atoms with Crippen molar-refractivity contribution in [2.75, 3.05) is 6.61 Å². The molecule has 0 aliphatic carbocycles. The molecule has 1 aliphatic heterocycles. The topological polar surface area (TPSA) is 44.1 Å². The van der Waals surface area contributed by atoms with Gasteiger partial charge in [0.2, 0.25) is 0 Å². The monoisotopic (exact) mass is 256 g/mol. The van der Waals surface area contributed by atoms with Gasteiger partial charge in [-0.05, 0) is 26.2 Å². The van der Waals surface area contributed by atoms with Gasteiger partial charge in [-0.2, -0.15) is 5.10 Å². The summed E-state index contributed by atoms with van der Waals surface area (Å²) in [7, 11) is 0. The molecule has 94 valence electrons. The van der Waals surface area contributed by atoms with Crippen molar-refractivity contribution in [3.63, 3.8) is 0 Å². The predicted molar refractivity (Wildman–Crippen MR) is 65.4 cm³/mol.